The van der Waals surface area contributed by atoms with Crippen LogP contribution in [0.2, 0.25) is 10.0 Å². The van der Waals surface area contributed by atoms with Gasteiger partial charge in [0.1, 0.15) is 94.8 Å². The molecule has 13 atom stereocenters. The summed E-state index contributed by atoms with van der Waals surface area (Å²) in [5.41, 5.74) is 6.16. The van der Waals surface area contributed by atoms with Gasteiger partial charge < -0.3 is 118 Å². The second kappa shape index (κ2) is 33.4. The van der Waals surface area contributed by atoms with E-state index >= 15 is 24.0 Å². The van der Waals surface area contributed by atoms with Crippen LogP contribution < -0.4 is 61.9 Å². The van der Waals surface area contributed by atoms with Gasteiger partial charge in [0.25, 0.3) is 0 Å². The molecule has 2 saturated heterocycles. The minimum atomic E-state index is -2.36. The standard InChI is InChI=1S/C81H80Cl2N10O23/c1-3-4-5-35-6-8-37(9-7-35)33-92-20-22-93(23-21-92)34-47-52(96)32-45-58(68(47)99)44-25-38(12-17-50(44)94)62-75(104)91-66(78(107)90-65(45)79(108)109)67(98)40-14-19-54(48(82)26-40)114-57-29-41-28-56(71(57)115-81-60(84)69(100)70(101)72(116-81)80(110)111)112-42-15-10-36(11-16-42)24-49-73(102)89-64(77(106)88-63(41)76(105)87-62)46-30-43(31-53(97)59(46)83)113-55-27-39(13-18-51(55)95)61(85-2)74(103)86-49/h6-19,25-32,49,60-67,69-70,72,81,85,94-101H,3-5,20-24,33-34,84H2,1-2H3,(H,86,103)(H,87,105)(H,88,106)(H,89,102)(H,90,107)(H,91,104)(H,108,109)(H,110,111)/t49-,60-,61-,62-,63-,64+,65+,66+,67-,69-,70+,72+,81-/m1/s1. The van der Waals surface area contributed by atoms with Gasteiger partial charge in [-0.05, 0) is 132 Å². The molecule has 8 heterocycles. The predicted molar refractivity (Wildman–Crippen MR) is 411 cm³/mol. The Hall–Kier alpha value is -12.0. The number of benzene rings is 8. The molecular weight excluding hydrogens is 1550 g/mol. The largest absolute Gasteiger partial charge is 0.507 e. The molecule has 2 fully saturated rings. The number of nitrogens with zero attached hydrogens (tertiary/aromatic N) is 2. The number of fused-ring (bicyclic) bond motifs is 14. The van der Waals surface area contributed by atoms with Crippen molar-refractivity contribution >= 4 is 70.6 Å². The highest BCUT2D eigenvalue weighted by molar-refractivity contribution is 6.33. The number of carbonyl (C=O) groups excluding carboxylic acids is 6. The average Bonchev–Trinajstić information content (AvgIpc) is 0.755. The van der Waals surface area contributed by atoms with Crippen molar-refractivity contribution in [1.29, 1.82) is 0 Å². The number of phenols is 5. The van der Waals surface area contributed by atoms with Gasteiger partial charge in [0, 0.05) is 74.0 Å². The lowest BCUT2D eigenvalue weighted by Gasteiger charge is -2.39. The molecule has 0 aromatic heterocycles. The highest BCUT2D eigenvalue weighted by atomic mass is 35.5. The molecule has 6 amide bonds. The van der Waals surface area contributed by atoms with E-state index in [0.717, 1.165) is 91.6 Å². The van der Waals surface area contributed by atoms with Crippen LogP contribution in [0.5, 0.6) is 69.0 Å². The van der Waals surface area contributed by atoms with Crippen molar-refractivity contribution in [2.75, 3.05) is 33.2 Å². The number of carboxylic acid groups (broad SMARTS) is 2. The molecule has 606 valence electrons. The molecule has 19 N–H and O–H groups in total. The van der Waals surface area contributed by atoms with Gasteiger partial charge in [-0.1, -0.05) is 91.1 Å². The van der Waals surface area contributed by atoms with E-state index in [2.05, 4.69) is 73.3 Å². The van der Waals surface area contributed by atoms with E-state index in [-0.39, 0.29) is 58.2 Å². The Balaban J connectivity index is 0.951. The number of likely N-dealkylation sites (N-methyl/N-ethyl adjacent to an activating group) is 1. The molecule has 0 radical (unpaired) electrons. The normalized spacial score (nSPS) is 24.4. The third kappa shape index (κ3) is 16.5. The number of nitrogens with one attached hydrogen (secondary N) is 7. The van der Waals surface area contributed by atoms with E-state index in [0.29, 0.717) is 38.3 Å². The minimum Gasteiger partial charge on any atom is -0.507 e. The molecule has 0 unspecified atom stereocenters. The maximum atomic E-state index is 16.5. The number of hydrogen-bond acceptors (Lipinski definition) is 25. The lowest BCUT2D eigenvalue weighted by atomic mass is 9.88. The Morgan fingerprint density at radius 1 is 0.560 bits per heavy atom. The van der Waals surface area contributed by atoms with Crippen molar-refractivity contribution in [1.82, 2.24) is 47.0 Å². The van der Waals surface area contributed by atoms with Gasteiger partial charge in [-0.15, -0.1) is 0 Å². The lowest BCUT2D eigenvalue weighted by Crippen LogP contribution is -2.64. The number of aliphatic hydroxyl groups is 3. The van der Waals surface area contributed by atoms with Crippen LogP contribution in [0.3, 0.4) is 0 Å². The zero-order valence-electron chi connectivity index (χ0n) is 61.8. The number of piperazine rings is 1. The Labute approximate surface area is 670 Å². The summed E-state index contributed by atoms with van der Waals surface area (Å²) in [5, 5.41) is 133. The Morgan fingerprint density at radius 2 is 1.18 bits per heavy atom. The Morgan fingerprint density at radius 3 is 1.86 bits per heavy atom. The molecule has 16 rings (SSSR count). The number of phenolic OH excluding ortho intramolecular Hbond substituents is 5. The lowest BCUT2D eigenvalue weighted by molar-refractivity contribution is -0.236. The van der Waals surface area contributed by atoms with Gasteiger partial charge >= 0.3 is 11.9 Å². The molecule has 0 saturated carbocycles. The van der Waals surface area contributed by atoms with Gasteiger partial charge in [-0.25, -0.2) is 9.59 Å². The number of hydrogen-bond donors (Lipinski definition) is 18. The number of aryl methyl sites for hydroxylation is 1. The quantitative estimate of drug-likeness (QED) is 0.0724. The average molecular weight is 1630 g/mol. The summed E-state index contributed by atoms with van der Waals surface area (Å²) in [6, 6.07) is 13.8. The van der Waals surface area contributed by atoms with Crippen molar-refractivity contribution in [2.24, 2.45) is 5.73 Å². The van der Waals surface area contributed by atoms with Crippen molar-refractivity contribution in [3.63, 3.8) is 0 Å². The summed E-state index contributed by atoms with van der Waals surface area (Å²) in [4.78, 5) is 125. The van der Waals surface area contributed by atoms with Crippen molar-refractivity contribution in [3.8, 4) is 80.1 Å². The van der Waals surface area contributed by atoms with Crippen LogP contribution in [0, 0.1) is 0 Å². The van der Waals surface area contributed by atoms with Crippen LogP contribution in [0.4, 0.5) is 0 Å². The highest BCUT2D eigenvalue weighted by Crippen LogP contribution is 2.51. The molecule has 17 bridgehead atoms. The number of amides is 6. The molecule has 8 aromatic rings. The Bertz CT molecular complexity index is 5230. The topological polar surface area (TPSA) is 502 Å². The van der Waals surface area contributed by atoms with Gasteiger partial charge in [0.15, 0.2) is 35.1 Å². The van der Waals surface area contributed by atoms with E-state index in [1.165, 1.54) is 55.1 Å². The van der Waals surface area contributed by atoms with Crippen LogP contribution >= 0.6 is 23.2 Å². The molecule has 8 aromatic carbocycles. The number of carbonyl (C=O) groups is 8. The van der Waals surface area contributed by atoms with Crippen molar-refractivity contribution < 1.29 is 113 Å². The Kier molecular flexibility index (Phi) is 23.2. The number of halogens is 2. The van der Waals surface area contributed by atoms with E-state index in [1.54, 1.807) is 0 Å². The van der Waals surface area contributed by atoms with E-state index in [4.69, 9.17) is 52.6 Å². The number of unbranched alkanes of at least 4 members (excludes halogenated alkanes) is 1. The van der Waals surface area contributed by atoms with Crippen LogP contribution in [0.25, 0.3) is 11.1 Å². The summed E-state index contributed by atoms with van der Waals surface area (Å²) in [6.45, 7) is 4.51. The first-order valence-electron chi connectivity index (χ1n) is 37.0. The van der Waals surface area contributed by atoms with Crippen LogP contribution in [-0.4, -0.2) is 184 Å². The molecule has 116 heavy (non-hydrogen) atoms. The van der Waals surface area contributed by atoms with Crippen LogP contribution in [0.15, 0.2) is 133 Å². The fourth-order valence-electron chi connectivity index (χ4n) is 14.9. The maximum absolute atomic E-state index is 16.5. The summed E-state index contributed by atoms with van der Waals surface area (Å²) < 4.78 is 31.5. The van der Waals surface area contributed by atoms with Crippen LogP contribution in [-0.2, 0) is 69.0 Å². The number of carboxylic acids is 2. The van der Waals surface area contributed by atoms with Gasteiger partial charge in [-0.2, -0.15) is 0 Å². The zero-order valence-corrected chi connectivity index (χ0v) is 63.3. The second-order valence-corrected chi connectivity index (χ2v) is 29.7. The number of ether oxygens (including phenoxy) is 5. The minimum absolute atomic E-state index is 0.0935. The first kappa shape index (κ1) is 80.6. The summed E-state index contributed by atoms with van der Waals surface area (Å²) in [5.74, 6) is -17.4. The summed E-state index contributed by atoms with van der Waals surface area (Å²) >= 11 is 14.1. The zero-order chi connectivity index (χ0) is 82.4. The number of aliphatic carboxylic acids is 2. The first-order valence-corrected chi connectivity index (χ1v) is 37.7. The number of aromatic hydroxyl groups is 5. The van der Waals surface area contributed by atoms with Gasteiger partial charge in [0.2, 0.25) is 47.5 Å². The molecule has 8 aliphatic heterocycles. The molecule has 8 aliphatic rings. The second-order valence-electron chi connectivity index (χ2n) is 29.0. The highest BCUT2D eigenvalue weighted by Gasteiger charge is 2.49. The third-order valence-corrected chi connectivity index (χ3v) is 21.9. The number of aliphatic hydroxyl groups excluding tert-OH is 3. The molecule has 0 aliphatic carbocycles. The number of nitrogens with two attached hydrogens (primary N) is 1. The van der Waals surface area contributed by atoms with E-state index in [9.17, 15) is 65.4 Å². The molecule has 0 spiro atoms. The van der Waals surface area contributed by atoms with Crippen molar-refractivity contribution in [2.45, 2.75) is 125 Å². The first-order chi connectivity index (χ1) is 55.5. The monoisotopic (exact) mass is 1630 g/mol. The molecule has 33 nitrogen and oxygen atoms in total. The maximum Gasteiger partial charge on any atom is 0.335 e. The van der Waals surface area contributed by atoms with Gasteiger partial charge in [0.05, 0.1) is 21.7 Å². The van der Waals surface area contributed by atoms with Crippen molar-refractivity contribution in [3.05, 3.63) is 199 Å². The summed E-state index contributed by atoms with van der Waals surface area (Å²) in [6.07, 6.45) is -8.00. The molecule has 35 heteroatoms. The number of rotatable bonds is 12. The van der Waals surface area contributed by atoms with E-state index < -0.39 is 210 Å². The molecular formula is C81H80Cl2N10O23. The summed E-state index contributed by atoms with van der Waals surface area (Å²) in [7, 11) is 1.44. The predicted octanol–water partition coefficient (Wildman–Crippen LogP) is 5.44. The van der Waals surface area contributed by atoms with Crippen LogP contribution in [0.1, 0.15) is 112 Å². The third-order valence-electron chi connectivity index (χ3n) is 21.2. The SMILES string of the molecule is CCCCc1ccc(CN2CCN(Cc3c(O)cc4c(c3O)-c3cc(ccc3O)[C@H]3NC(=O)[C@@H]5NC(=O)[C@H]6NC(=O)[C@@H](Cc7ccc(cc7)Oc7cc5cc(c7O[C@@H]5O[C@H](C(=O)O)[C@@H](O)[C@H](O)[C@H]5N)Oc5ccc(cc5Cl)[C@@H](O)[C@H](NC3=O)C(=O)N[C@@H]4C(=O)O)NC(=O)[C@H](NC)c3ccc(O)c(c3)Oc3cc(O)c(Cl)c6c3)CC2)cc1. The fraction of sp³-hybridized carbons (Fsp3) is 0.309. The smallest absolute Gasteiger partial charge is 0.335 e. The fourth-order valence-corrected chi connectivity index (χ4v) is 15.3. The van der Waals surface area contributed by atoms with E-state index in [1.807, 2.05) is 4.90 Å². The van der Waals surface area contributed by atoms with Gasteiger partial charge in [-0.3, -0.25) is 38.6 Å².